The Labute approximate surface area is 254 Å². The Balaban J connectivity index is 1.20. The molecular weight excluding hydrogens is 581 g/mol. The molecular formula is C36H37F7O. The van der Waals surface area contributed by atoms with E-state index in [0.29, 0.717) is 36.1 Å². The summed E-state index contributed by atoms with van der Waals surface area (Å²) in [7, 11) is 0. The molecule has 2 aliphatic rings. The Morgan fingerprint density at radius 3 is 2.09 bits per heavy atom. The van der Waals surface area contributed by atoms with Crippen LogP contribution in [-0.4, -0.2) is 6.11 Å². The average molecular weight is 619 g/mol. The number of hydrogen-bond donors (Lipinski definition) is 0. The Morgan fingerprint density at radius 1 is 0.750 bits per heavy atom. The topological polar surface area (TPSA) is 9.23 Å². The molecule has 1 atom stereocenters. The number of halogens is 7. The minimum absolute atomic E-state index is 0.0321. The van der Waals surface area contributed by atoms with Crippen molar-refractivity contribution in [3.63, 3.8) is 0 Å². The predicted molar refractivity (Wildman–Crippen MR) is 157 cm³/mol. The highest BCUT2D eigenvalue weighted by molar-refractivity contribution is 5.65. The first-order valence-corrected chi connectivity index (χ1v) is 15.6. The fraction of sp³-hybridized carbons (Fsp3) is 0.444. The van der Waals surface area contributed by atoms with Crippen molar-refractivity contribution >= 4 is 0 Å². The first kappa shape index (κ1) is 32.1. The highest BCUT2D eigenvalue weighted by Gasteiger charge is 2.39. The van der Waals surface area contributed by atoms with Gasteiger partial charge in [0.2, 0.25) is 0 Å². The zero-order chi connectivity index (χ0) is 31.4. The normalized spacial score (nSPS) is 20.8. The SMILES string of the molecule is CCCCCC1CCC(c2ccc(C3CC=C(C(F)(F)Oc4ccc(-c5cc(F)c(F)c(F)c5)c(F)c4)CC3)c(F)c2)CC1. The van der Waals surface area contributed by atoms with Crippen LogP contribution in [0.25, 0.3) is 11.1 Å². The Morgan fingerprint density at radius 2 is 1.48 bits per heavy atom. The first-order valence-electron chi connectivity index (χ1n) is 15.6. The van der Waals surface area contributed by atoms with Gasteiger partial charge in [0.1, 0.15) is 17.4 Å². The molecule has 0 spiro atoms. The van der Waals surface area contributed by atoms with Gasteiger partial charge in [0, 0.05) is 17.2 Å². The molecule has 0 aliphatic heterocycles. The smallest absolute Gasteiger partial charge is 0.422 e. The van der Waals surface area contributed by atoms with Gasteiger partial charge >= 0.3 is 6.11 Å². The van der Waals surface area contributed by atoms with Crippen molar-refractivity contribution in [1.82, 2.24) is 0 Å². The van der Waals surface area contributed by atoms with Crippen molar-refractivity contribution < 1.29 is 35.5 Å². The van der Waals surface area contributed by atoms with Crippen molar-refractivity contribution in [3.05, 3.63) is 100 Å². The van der Waals surface area contributed by atoms with Gasteiger partial charge in [-0.15, -0.1) is 0 Å². The fourth-order valence-electron chi connectivity index (χ4n) is 6.69. The number of hydrogen-bond acceptors (Lipinski definition) is 1. The summed E-state index contributed by atoms with van der Waals surface area (Å²) in [5.74, 6) is -5.67. The Bertz CT molecular complexity index is 1470. The molecule has 1 fully saturated rings. The average Bonchev–Trinajstić information content (AvgIpc) is 3.00. The highest BCUT2D eigenvalue weighted by Crippen LogP contribution is 2.42. The third-order valence-corrected chi connectivity index (χ3v) is 9.26. The van der Waals surface area contributed by atoms with Gasteiger partial charge in [0.05, 0.1) is 0 Å². The lowest BCUT2D eigenvalue weighted by molar-refractivity contribution is -0.145. The second-order valence-corrected chi connectivity index (χ2v) is 12.2. The number of rotatable bonds is 10. The third-order valence-electron chi connectivity index (χ3n) is 9.26. The number of unbranched alkanes of at least 4 members (excludes halogenated alkanes) is 2. The standard InChI is InChI=1S/C36H37F7O/c1-2-3-4-5-22-6-8-23(9-7-22)25-12-16-29(31(37)18-25)24-10-13-27(14-11-24)36(42,43)44-28-15-17-30(32(38)21-28)26-19-33(39)35(41)34(40)20-26/h12-13,15-24H,2-11,14H2,1H3. The van der Waals surface area contributed by atoms with E-state index in [9.17, 15) is 17.6 Å². The summed E-state index contributed by atoms with van der Waals surface area (Å²) in [6.45, 7) is 2.21. The van der Waals surface area contributed by atoms with E-state index < -0.39 is 35.1 Å². The van der Waals surface area contributed by atoms with Crippen LogP contribution in [0.4, 0.5) is 30.7 Å². The van der Waals surface area contributed by atoms with Crippen LogP contribution in [0.2, 0.25) is 0 Å². The minimum atomic E-state index is -3.75. The lowest BCUT2D eigenvalue weighted by atomic mass is 9.76. The van der Waals surface area contributed by atoms with Crippen LogP contribution in [0.1, 0.15) is 101 Å². The van der Waals surface area contributed by atoms with Crippen molar-refractivity contribution in [2.45, 2.75) is 95.5 Å². The largest absolute Gasteiger partial charge is 0.429 e. The molecule has 0 amide bonds. The maximum atomic E-state index is 15.3. The van der Waals surface area contributed by atoms with Crippen molar-refractivity contribution in [1.29, 1.82) is 0 Å². The molecule has 2 aliphatic carbocycles. The quantitative estimate of drug-likeness (QED) is 0.0951. The zero-order valence-electron chi connectivity index (χ0n) is 24.8. The van der Waals surface area contributed by atoms with Gasteiger partial charge in [0.25, 0.3) is 0 Å². The van der Waals surface area contributed by atoms with Crippen molar-refractivity contribution in [3.8, 4) is 16.9 Å². The van der Waals surface area contributed by atoms with Crippen LogP contribution in [0.5, 0.6) is 5.75 Å². The molecule has 0 radical (unpaired) electrons. The molecule has 8 heteroatoms. The summed E-state index contributed by atoms with van der Waals surface area (Å²) in [5.41, 5.74) is 0.657. The summed E-state index contributed by atoms with van der Waals surface area (Å²) in [6.07, 6.45) is 7.63. The van der Waals surface area contributed by atoms with Crippen molar-refractivity contribution in [2.24, 2.45) is 5.92 Å². The van der Waals surface area contributed by atoms with Crippen LogP contribution in [0.3, 0.4) is 0 Å². The molecule has 5 rings (SSSR count). The maximum Gasteiger partial charge on any atom is 0.422 e. The van der Waals surface area contributed by atoms with Gasteiger partial charge in [-0.2, -0.15) is 8.78 Å². The van der Waals surface area contributed by atoms with Gasteiger partial charge in [0.15, 0.2) is 17.5 Å². The number of allylic oxidation sites excluding steroid dienone is 1. The van der Waals surface area contributed by atoms with Gasteiger partial charge in [-0.05, 0) is 110 Å². The van der Waals surface area contributed by atoms with Crippen LogP contribution in [-0.2, 0) is 0 Å². The summed E-state index contributed by atoms with van der Waals surface area (Å²) in [6, 6.07) is 9.42. The molecule has 236 valence electrons. The molecule has 0 heterocycles. The Hall–Kier alpha value is -3.29. The van der Waals surface area contributed by atoms with E-state index in [2.05, 4.69) is 6.92 Å². The monoisotopic (exact) mass is 618 g/mol. The summed E-state index contributed by atoms with van der Waals surface area (Å²) < 4.78 is 105. The van der Waals surface area contributed by atoms with Crippen LogP contribution in [0, 0.1) is 35.0 Å². The van der Waals surface area contributed by atoms with Crippen LogP contribution in [0.15, 0.2) is 60.2 Å². The second kappa shape index (κ2) is 13.8. The van der Waals surface area contributed by atoms with E-state index in [1.807, 2.05) is 6.07 Å². The molecule has 1 unspecified atom stereocenters. The van der Waals surface area contributed by atoms with E-state index in [-0.39, 0.29) is 41.3 Å². The van der Waals surface area contributed by atoms with E-state index in [0.717, 1.165) is 36.5 Å². The second-order valence-electron chi connectivity index (χ2n) is 12.2. The minimum Gasteiger partial charge on any atom is -0.429 e. The molecule has 44 heavy (non-hydrogen) atoms. The summed E-state index contributed by atoms with van der Waals surface area (Å²) in [5, 5.41) is 0. The van der Waals surface area contributed by atoms with Gasteiger partial charge < -0.3 is 4.74 Å². The zero-order valence-corrected chi connectivity index (χ0v) is 24.8. The molecule has 3 aromatic carbocycles. The van der Waals surface area contributed by atoms with Gasteiger partial charge in [-0.3, -0.25) is 0 Å². The fourth-order valence-corrected chi connectivity index (χ4v) is 6.69. The lowest BCUT2D eigenvalue weighted by Crippen LogP contribution is -2.29. The lowest BCUT2D eigenvalue weighted by Gasteiger charge is -2.30. The van der Waals surface area contributed by atoms with Gasteiger partial charge in [-0.25, -0.2) is 22.0 Å². The maximum absolute atomic E-state index is 15.3. The molecule has 1 nitrogen and oxygen atoms in total. The molecule has 0 N–H and O–H groups in total. The molecule has 0 aromatic heterocycles. The summed E-state index contributed by atoms with van der Waals surface area (Å²) >= 11 is 0. The van der Waals surface area contributed by atoms with E-state index in [4.69, 9.17) is 4.74 Å². The Kier molecular flexibility index (Phi) is 10.1. The molecule has 3 aromatic rings. The first-order chi connectivity index (χ1) is 21.1. The number of ether oxygens (including phenoxy) is 1. The van der Waals surface area contributed by atoms with Crippen LogP contribution >= 0.6 is 0 Å². The summed E-state index contributed by atoms with van der Waals surface area (Å²) in [4.78, 5) is 0. The number of alkyl halides is 2. The van der Waals surface area contributed by atoms with Crippen molar-refractivity contribution in [2.75, 3.05) is 0 Å². The third kappa shape index (κ3) is 7.32. The van der Waals surface area contributed by atoms with E-state index >= 15 is 13.2 Å². The molecule has 0 bridgehead atoms. The highest BCUT2D eigenvalue weighted by atomic mass is 19.3. The number of benzene rings is 3. The van der Waals surface area contributed by atoms with E-state index in [1.165, 1.54) is 44.6 Å². The molecule has 0 saturated heterocycles. The van der Waals surface area contributed by atoms with Crippen LogP contribution < -0.4 is 4.74 Å². The van der Waals surface area contributed by atoms with Gasteiger partial charge in [-0.1, -0.05) is 50.8 Å². The predicted octanol–water partition coefficient (Wildman–Crippen LogP) is 11.8. The molecule has 1 saturated carbocycles. The van der Waals surface area contributed by atoms with E-state index in [1.54, 1.807) is 12.1 Å².